The maximum absolute atomic E-state index is 9.12. The molecular formula is C16H20O3. The van der Waals surface area contributed by atoms with Crippen molar-refractivity contribution < 1.29 is 14.9 Å². The summed E-state index contributed by atoms with van der Waals surface area (Å²) < 4.78 is 5.85. The second-order valence-electron chi connectivity index (χ2n) is 4.58. The van der Waals surface area contributed by atoms with Gasteiger partial charge in [-0.2, -0.15) is 0 Å². The van der Waals surface area contributed by atoms with E-state index in [1.54, 1.807) is 0 Å². The maximum Gasteiger partial charge on any atom is 0.0836 e. The zero-order valence-electron chi connectivity index (χ0n) is 11.1. The highest BCUT2D eigenvalue weighted by Crippen LogP contribution is 2.36. The number of hydrogen-bond acceptors (Lipinski definition) is 3. The van der Waals surface area contributed by atoms with Gasteiger partial charge in [-0.25, -0.2) is 0 Å². The van der Waals surface area contributed by atoms with E-state index in [2.05, 4.69) is 42.5 Å². The van der Waals surface area contributed by atoms with Crippen molar-refractivity contribution in [2.75, 3.05) is 13.7 Å². The Hall–Kier alpha value is -1.42. The molecular weight excluding hydrogens is 240 g/mol. The SMILES string of the molecule is CO.OCC1CCC(c2cccc3ccccc23)O1. The molecule has 19 heavy (non-hydrogen) atoms. The Bertz CT molecular complexity index is 519. The molecule has 1 heterocycles. The Kier molecular flexibility index (Phi) is 4.91. The van der Waals surface area contributed by atoms with Crippen LogP contribution in [0, 0.1) is 0 Å². The molecule has 0 bridgehead atoms. The Labute approximate surface area is 113 Å². The summed E-state index contributed by atoms with van der Waals surface area (Å²) in [4.78, 5) is 0. The molecule has 0 radical (unpaired) electrons. The average molecular weight is 260 g/mol. The Morgan fingerprint density at radius 2 is 1.79 bits per heavy atom. The smallest absolute Gasteiger partial charge is 0.0836 e. The van der Waals surface area contributed by atoms with Gasteiger partial charge in [0.15, 0.2) is 0 Å². The van der Waals surface area contributed by atoms with E-state index in [-0.39, 0.29) is 18.8 Å². The lowest BCUT2D eigenvalue weighted by molar-refractivity contribution is 0.0116. The summed E-state index contributed by atoms with van der Waals surface area (Å²) in [5.74, 6) is 0. The van der Waals surface area contributed by atoms with E-state index in [4.69, 9.17) is 14.9 Å². The van der Waals surface area contributed by atoms with Gasteiger partial charge in [-0.05, 0) is 29.2 Å². The van der Waals surface area contributed by atoms with Crippen LogP contribution in [0.15, 0.2) is 42.5 Å². The number of aliphatic hydroxyl groups is 2. The zero-order chi connectivity index (χ0) is 13.7. The third-order valence-electron chi connectivity index (χ3n) is 3.48. The number of aliphatic hydroxyl groups excluding tert-OH is 2. The molecule has 0 aliphatic carbocycles. The number of rotatable bonds is 2. The molecule has 2 N–H and O–H groups in total. The minimum atomic E-state index is 0.0129. The quantitative estimate of drug-likeness (QED) is 0.872. The van der Waals surface area contributed by atoms with Crippen molar-refractivity contribution in [3.8, 4) is 0 Å². The predicted molar refractivity (Wildman–Crippen MR) is 76.0 cm³/mol. The molecule has 1 aliphatic rings. The second kappa shape index (κ2) is 6.66. The van der Waals surface area contributed by atoms with E-state index in [1.165, 1.54) is 16.3 Å². The van der Waals surface area contributed by atoms with Gasteiger partial charge in [-0.15, -0.1) is 0 Å². The van der Waals surface area contributed by atoms with Crippen LogP contribution in [0.5, 0.6) is 0 Å². The van der Waals surface area contributed by atoms with Crippen LogP contribution in [-0.4, -0.2) is 30.0 Å². The molecule has 2 aromatic carbocycles. The average Bonchev–Trinajstić information content (AvgIpc) is 2.97. The van der Waals surface area contributed by atoms with Gasteiger partial charge in [0.1, 0.15) is 0 Å². The highest BCUT2D eigenvalue weighted by molar-refractivity contribution is 5.86. The normalized spacial score (nSPS) is 22.1. The molecule has 1 aliphatic heterocycles. The molecule has 0 amide bonds. The van der Waals surface area contributed by atoms with E-state index >= 15 is 0 Å². The molecule has 2 atom stereocenters. The summed E-state index contributed by atoms with van der Waals surface area (Å²) in [5.41, 5.74) is 1.25. The molecule has 3 nitrogen and oxygen atoms in total. The molecule has 2 unspecified atom stereocenters. The Morgan fingerprint density at radius 3 is 2.53 bits per heavy atom. The topological polar surface area (TPSA) is 49.7 Å². The highest BCUT2D eigenvalue weighted by atomic mass is 16.5. The van der Waals surface area contributed by atoms with E-state index in [0.717, 1.165) is 20.0 Å². The fourth-order valence-electron chi connectivity index (χ4n) is 2.60. The Morgan fingerprint density at radius 1 is 1.05 bits per heavy atom. The first-order chi connectivity index (χ1) is 9.38. The van der Waals surface area contributed by atoms with Crippen LogP contribution in [0.2, 0.25) is 0 Å². The summed E-state index contributed by atoms with van der Waals surface area (Å²) in [6.45, 7) is 0.126. The van der Waals surface area contributed by atoms with Crippen molar-refractivity contribution in [2.24, 2.45) is 0 Å². The lowest BCUT2D eigenvalue weighted by Gasteiger charge is -2.14. The summed E-state index contributed by atoms with van der Waals surface area (Å²) in [6.07, 6.45) is 2.10. The Balaban J connectivity index is 0.000000637. The molecule has 0 saturated carbocycles. The lowest BCUT2D eigenvalue weighted by atomic mass is 9.99. The maximum atomic E-state index is 9.12. The monoisotopic (exact) mass is 260 g/mol. The molecule has 1 fully saturated rings. The van der Waals surface area contributed by atoms with Gasteiger partial charge in [0.2, 0.25) is 0 Å². The van der Waals surface area contributed by atoms with Gasteiger partial charge >= 0.3 is 0 Å². The van der Waals surface area contributed by atoms with Crippen LogP contribution in [0.25, 0.3) is 10.8 Å². The summed E-state index contributed by atoms with van der Waals surface area (Å²) in [6, 6.07) is 14.7. The van der Waals surface area contributed by atoms with Crippen molar-refractivity contribution >= 4 is 10.8 Å². The minimum absolute atomic E-state index is 0.0129. The second-order valence-corrected chi connectivity index (χ2v) is 4.58. The first kappa shape index (κ1) is 14.0. The zero-order valence-corrected chi connectivity index (χ0v) is 11.1. The van der Waals surface area contributed by atoms with Crippen molar-refractivity contribution in [3.05, 3.63) is 48.0 Å². The van der Waals surface area contributed by atoms with Crippen LogP contribution in [0.3, 0.4) is 0 Å². The first-order valence-corrected chi connectivity index (χ1v) is 6.57. The fraction of sp³-hybridized carbons (Fsp3) is 0.375. The van der Waals surface area contributed by atoms with Crippen molar-refractivity contribution in [1.82, 2.24) is 0 Å². The molecule has 0 spiro atoms. The van der Waals surface area contributed by atoms with Crippen LogP contribution in [-0.2, 0) is 4.74 Å². The van der Waals surface area contributed by atoms with Crippen LogP contribution in [0.4, 0.5) is 0 Å². The van der Waals surface area contributed by atoms with Crippen LogP contribution < -0.4 is 0 Å². The van der Waals surface area contributed by atoms with Gasteiger partial charge in [0, 0.05) is 7.11 Å². The van der Waals surface area contributed by atoms with Gasteiger partial charge in [0.05, 0.1) is 18.8 Å². The van der Waals surface area contributed by atoms with Gasteiger partial charge < -0.3 is 14.9 Å². The first-order valence-electron chi connectivity index (χ1n) is 6.57. The van der Waals surface area contributed by atoms with Crippen molar-refractivity contribution in [1.29, 1.82) is 0 Å². The van der Waals surface area contributed by atoms with Gasteiger partial charge in [-0.1, -0.05) is 42.5 Å². The van der Waals surface area contributed by atoms with E-state index in [9.17, 15) is 0 Å². The van der Waals surface area contributed by atoms with Gasteiger partial charge in [0.25, 0.3) is 0 Å². The lowest BCUT2D eigenvalue weighted by Crippen LogP contribution is -2.11. The number of hydrogen-bond donors (Lipinski definition) is 2. The molecule has 1 saturated heterocycles. The number of ether oxygens (including phenoxy) is 1. The van der Waals surface area contributed by atoms with Crippen molar-refractivity contribution in [3.63, 3.8) is 0 Å². The minimum Gasteiger partial charge on any atom is -0.400 e. The standard InChI is InChI=1S/C15H16O2.CH4O/c16-10-12-8-9-15(17-12)14-7-3-5-11-4-1-2-6-13(11)14;1-2/h1-7,12,15-16H,8-10H2;2H,1H3. The van der Waals surface area contributed by atoms with Crippen molar-refractivity contribution in [2.45, 2.75) is 25.0 Å². The fourth-order valence-corrected chi connectivity index (χ4v) is 2.60. The van der Waals surface area contributed by atoms with Crippen LogP contribution in [0.1, 0.15) is 24.5 Å². The molecule has 0 aromatic heterocycles. The number of fused-ring (bicyclic) bond motifs is 1. The molecule has 102 valence electrons. The molecule has 3 heteroatoms. The summed E-state index contributed by atoms with van der Waals surface area (Å²) >= 11 is 0. The van der Waals surface area contributed by atoms with Gasteiger partial charge in [-0.3, -0.25) is 0 Å². The summed E-state index contributed by atoms with van der Waals surface area (Å²) in [7, 11) is 1.00. The number of benzene rings is 2. The van der Waals surface area contributed by atoms with E-state index < -0.39 is 0 Å². The molecule has 3 rings (SSSR count). The predicted octanol–water partition coefficient (Wildman–Crippen LogP) is 2.66. The van der Waals surface area contributed by atoms with Crippen LogP contribution >= 0.6 is 0 Å². The third-order valence-corrected chi connectivity index (χ3v) is 3.48. The summed E-state index contributed by atoms with van der Waals surface area (Å²) in [5, 5.41) is 18.6. The third kappa shape index (κ3) is 2.95. The van der Waals surface area contributed by atoms with E-state index in [0.29, 0.717) is 0 Å². The highest BCUT2D eigenvalue weighted by Gasteiger charge is 2.26. The molecule has 2 aromatic rings. The largest absolute Gasteiger partial charge is 0.400 e. The van der Waals surface area contributed by atoms with E-state index in [1.807, 2.05) is 0 Å².